The monoisotopic (exact) mass is 647 g/mol. The summed E-state index contributed by atoms with van der Waals surface area (Å²) in [7, 11) is 0. The molecule has 11 heteroatoms. The minimum Gasteiger partial charge on any atom is -0.382 e. The van der Waals surface area contributed by atoms with E-state index in [1.54, 1.807) is 0 Å². The maximum absolute atomic E-state index is 12.9. The molecule has 1 saturated carbocycles. The lowest BCUT2D eigenvalue weighted by molar-refractivity contribution is -0.131. The molecule has 1 aliphatic rings. The third kappa shape index (κ3) is 10.2. The maximum atomic E-state index is 12.9. The van der Waals surface area contributed by atoms with Gasteiger partial charge in [-0.15, -0.1) is 0 Å². The zero-order chi connectivity index (χ0) is 33.6. The van der Waals surface area contributed by atoms with Gasteiger partial charge in [-0.3, -0.25) is 19.2 Å². The lowest BCUT2D eigenvalue weighted by Gasteiger charge is -2.27. The quantitative estimate of drug-likeness (QED) is 0.133. The summed E-state index contributed by atoms with van der Waals surface area (Å²) in [5.41, 5.74) is 8.98. The van der Waals surface area contributed by atoms with Crippen LogP contribution >= 0.6 is 0 Å². The van der Waals surface area contributed by atoms with Crippen LogP contribution in [0.2, 0.25) is 0 Å². The molecule has 0 atom stereocenters. The second-order valence-electron chi connectivity index (χ2n) is 12.9. The van der Waals surface area contributed by atoms with E-state index in [2.05, 4.69) is 45.4 Å². The number of nitrogens with two attached hydrogens (primary N) is 1. The molecule has 2 aromatic heterocycles. The molecule has 3 amide bonds. The molecule has 0 spiro atoms. The fraction of sp³-hybridized carbons (Fsp3) is 0.611. The van der Waals surface area contributed by atoms with Gasteiger partial charge in [-0.2, -0.15) is 0 Å². The molecule has 0 radical (unpaired) electrons. The molecular weight excluding hydrogens is 594 g/mol. The summed E-state index contributed by atoms with van der Waals surface area (Å²) in [6, 6.07) is 8.03. The van der Waals surface area contributed by atoms with E-state index in [1.165, 1.54) is 0 Å². The summed E-state index contributed by atoms with van der Waals surface area (Å²) in [6.45, 7) is 6.24. The van der Waals surface area contributed by atoms with Crippen molar-refractivity contribution in [3.63, 3.8) is 0 Å². The van der Waals surface area contributed by atoms with Crippen molar-refractivity contribution in [3.8, 4) is 0 Å². The number of imidazole rings is 1. The molecule has 0 unspecified atom stereocenters. The van der Waals surface area contributed by atoms with Crippen LogP contribution in [0, 0.1) is 11.8 Å². The summed E-state index contributed by atoms with van der Waals surface area (Å²) in [4.78, 5) is 59.1. The molecule has 0 aliphatic heterocycles. The Bertz CT molecular complexity index is 1510. The van der Waals surface area contributed by atoms with Gasteiger partial charge in [0, 0.05) is 56.1 Å². The van der Waals surface area contributed by atoms with E-state index >= 15 is 0 Å². The molecule has 1 aromatic carbocycles. The number of amides is 3. The fourth-order valence-electron chi connectivity index (χ4n) is 6.40. The van der Waals surface area contributed by atoms with E-state index in [-0.39, 0.29) is 54.7 Å². The highest BCUT2D eigenvalue weighted by molar-refractivity contribution is 6.06. The average molecular weight is 648 g/mol. The number of aryl methyl sites for hydroxylation is 2. The van der Waals surface area contributed by atoms with Crippen LogP contribution in [0.25, 0.3) is 21.9 Å². The summed E-state index contributed by atoms with van der Waals surface area (Å²) < 4.78 is 2.29. The number of ketones is 1. The number of hydrogen-bond donors (Lipinski definition) is 4. The predicted octanol–water partition coefficient (Wildman–Crippen LogP) is 4.98. The highest BCUT2D eigenvalue weighted by atomic mass is 16.2. The number of anilines is 1. The maximum Gasteiger partial charge on any atom is 0.223 e. The Kier molecular flexibility index (Phi) is 14.0. The number of benzene rings is 1. The minimum absolute atomic E-state index is 0.0496. The van der Waals surface area contributed by atoms with Crippen LogP contribution in [0.5, 0.6) is 0 Å². The number of nitrogen functional groups attached to an aromatic ring is 1. The van der Waals surface area contributed by atoms with E-state index in [9.17, 15) is 19.2 Å². The van der Waals surface area contributed by atoms with Gasteiger partial charge in [-0.1, -0.05) is 51.3 Å². The van der Waals surface area contributed by atoms with Crippen molar-refractivity contribution in [1.29, 1.82) is 0 Å². The molecule has 3 aromatic rings. The van der Waals surface area contributed by atoms with Crippen molar-refractivity contribution in [1.82, 2.24) is 30.5 Å². The van der Waals surface area contributed by atoms with Gasteiger partial charge >= 0.3 is 0 Å². The second-order valence-corrected chi connectivity index (χ2v) is 12.9. The van der Waals surface area contributed by atoms with Gasteiger partial charge in [0.2, 0.25) is 17.7 Å². The zero-order valence-electron chi connectivity index (χ0n) is 28.2. The normalized spacial score (nSPS) is 16.3. The SMILES string of the molecule is CCCCCNC(=O)CCC(=O)CNC(=O)C1CCC(C(=O)NCCCCn2c(CCCC)nc3c(N)nc4ccccc4c32)CC1. The number of aromatic nitrogens is 3. The molecule has 2 heterocycles. The van der Waals surface area contributed by atoms with Crippen LogP contribution in [0.15, 0.2) is 24.3 Å². The van der Waals surface area contributed by atoms with Crippen LogP contribution in [-0.2, 0) is 32.1 Å². The van der Waals surface area contributed by atoms with Gasteiger partial charge < -0.3 is 26.3 Å². The van der Waals surface area contributed by atoms with Crippen LogP contribution in [0.3, 0.4) is 0 Å². The zero-order valence-corrected chi connectivity index (χ0v) is 28.2. The smallest absolute Gasteiger partial charge is 0.223 e. The highest BCUT2D eigenvalue weighted by Gasteiger charge is 2.30. The average Bonchev–Trinajstić information content (AvgIpc) is 3.46. The summed E-state index contributed by atoms with van der Waals surface area (Å²) >= 11 is 0. The van der Waals surface area contributed by atoms with Gasteiger partial charge in [0.15, 0.2) is 11.6 Å². The summed E-state index contributed by atoms with van der Waals surface area (Å²) in [6.07, 6.45) is 10.6. The van der Waals surface area contributed by atoms with Gasteiger partial charge in [0.1, 0.15) is 11.3 Å². The van der Waals surface area contributed by atoms with Crippen molar-refractivity contribution < 1.29 is 19.2 Å². The number of Topliss-reactive ketones (excluding diaryl/α,β-unsaturated/α-hetero) is 1. The Morgan fingerprint density at radius 3 is 2.19 bits per heavy atom. The van der Waals surface area contributed by atoms with E-state index in [0.29, 0.717) is 44.6 Å². The van der Waals surface area contributed by atoms with E-state index < -0.39 is 0 Å². The number of fused-ring (bicyclic) bond motifs is 3. The number of nitrogens with one attached hydrogen (secondary N) is 3. The number of hydrogen-bond acceptors (Lipinski definition) is 7. The molecule has 1 fully saturated rings. The van der Waals surface area contributed by atoms with E-state index in [4.69, 9.17) is 10.7 Å². The molecule has 47 heavy (non-hydrogen) atoms. The van der Waals surface area contributed by atoms with E-state index in [0.717, 1.165) is 85.7 Å². The molecule has 5 N–H and O–H groups in total. The predicted molar refractivity (Wildman–Crippen MR) is 186 cm³/mol. The van der Waals surface area contributed by atoms with Gasteiger partial charge in [-0.25, -0.2) is 9.97 Å². The fourth-order valence-corrected chi connectivity index (χ4v) is 6.40. The van der Waals surface area contributed by atoms with Crippen LogP contribution < -0.4 is 21.7 Å². The Morgan fingerprint density at radius 2 is 1.47 bits per heavy atom. The Hall–Kier alpha value is -4.02. The van der Waals surface area contributed by atoms with Crippen molar-refractivity contribution in [2.75, 3.05) is 25.4 Å². The number of rotatable bonds is 19. The minimum atomic E-state index is -0.194. The van der Waals surface area contributed by atoms with E-state index in [1.807, 2.05) is 18.2 Å². The number of para-hydroxylation sites is 1. The number of carbonyl (C=O) groups is 4. The van der Waals surface area contributed by atoms with Crippen molar-refractivity contribution in [2.24, 2.45) is 11.8 Å². The number of unbranched alkanes of at least 4 members (excludes halogenated alkanes) is 4. The molecule has 0 bridgehead atoms. The largest absolute Gasteiger partial charge is 0.382 e. The highest BCUT2D eigenvalue weighted by Crippen LogP contribution is 2.30. The number of pyridine rings is 1. The standard InChI is InChI=1S/C36H53N7O4/c1-3-5-9-21-38-31(45)20-19-27(44)24-40-36(47)26-17-15-25(16-18-26)35(46)39-22-10-11-23-43-30(14-6-4-2)42-32-33(43)28-12-7-8-13-29(28)41-34(32)37/h7-8,12-13,25-26H,3-6,9-11,14-24H2,1-2H3,(H2,37,41)(H,38,45)(H,39,46)(H,40,47). The first-order valence-corrected chi connectivity index (χ1v) is 17.7. The molecule has 0 saturated heterocycles. The first-order valence-electron chi connectivity index (χ1n) is 17.7. The van der Waals surface area contributed by atoms with Crippen molar-refractivity contribution >= 4 is 51.3 Å². The topological polar surface area (TPSA) is 161 Å². The summed E-state index contributed by atoms with van der Waals surface area (Å²) in [5.74, 6) is 0.822. The first-order chi connectivity index (χ1) is 22.8. The third-order valence-electron chi connectivity index (χ3n) is 9.21. The Labute approximate surface area is 278 Å². The summed E-state index contributed by atoms with van der Waals surface area (Å²) in [5, 5.41) is 9.73. The lowest BCUT2D eigenvalue weighted by atomic mass is 9.81. The van der Waals surface area contributed by atoms with Gasteiger partial charge in [0.25, 0.3) is 0 Å². The van der Waals surface area contributed by atoms with Crippen molar-refractivity contribution in [3.05, 3.63) is 30.1 Å². The van der Waals surface area contributed by atoms with Gasteiger partial charge in [-0.05, 0) is 57.4 Å². The van der Waals surface area contributed by atoms with Crippen LogP contribution in [0.4, 0.5) is 5.82 Å². The third-order valence-corrected chi connectivity index (χ3v) is 9.21. The number of carbonyl (C=O) groups excluding carboxylic acids is 4. The van der Waals surface area contributed by atoms with Crippen molar-refractivity contribution in [2.45, 2.75) is 110 Å². The van der Waals surface area contributed by atoms with Crippen LogP contribution in [0.1, 0.15) is 103 Å². The molecule has 11 nitrogen and oxygen atoms in total. The second kappa shape index (κ2) is 18.4. The van der Waals surface area contributed by atoms with Gasteiger partial charge in [0.05, 0.1) is 17.6 Å². The number of nitrogens with zero attached hydrogens (tertiary/aromatic N) is 3. The first kappa shape index (κ1) is 35.8. The lowest BCUT2D eigenvalue weighted by Crippen LogP contribution is -2.39. The molecular formula is C36H53N7O4. The molecule has 256 valence electrons. The molecule has 1 aliphatic carbocycles. The van der Waals surface area contributed by atoms with Crippen LogP contribution in [-0.4, -0.2) is 57.7 Å². The Morgan fingerprint density at radius 1 is 0.809 bits per heavy atom. The Balaban J connectivity index is 1.16. The molecule has 4 rings (SSSR count).